The monoisotopic (exact) mass is 218 g/mol. The molecule has 1 amide bonds. The van der Waals surface area contributed by atoms with Gasteiger partial charge in [0.2, 0.25) is 6.41 Å². The van der Waals surface area contributed by atoms with E-state index in [0.29, 0.717) is 12.5 Å². The van der Waals surface area contributed by atoms with Gasteiger partial charge in [-0.3, -0.25) is 4.79 Å². The number of hydrogen-bond donors (Lipinski definition) is 2. The summed E-state index contributed by atoms with van der Waals surface area (Å²) in [6.45, 7) is 2.85. The number of benzene rings is 1. The van der Waals surface area contributed by atoms with E-state index in [1.54, 1.807) is 0 Å². The average molecular weight is 218 g/mol. The van der Waals surface area contributed by atoms with Gasteiger partial charge in [0.05, 0.1) is 0 Å². The van der Waals surface area contributed by atoms with E-state index in [1.165, 1.54) is 24.0 Å². The van der Waals surface area contributed by atoms with E-state index in [-0.39, 0.29) is 0 Å². The second kappa shape index (κ2) is 5.66. The highest BCUT2D eigenvalue weighted by Gasteiger charge is 2.14. The lowest BCUT2D eigenvalue weighted by atomic mass is 9.89. The maximum Gasteiger partial charge on any atom is 0.207 e. The number of amides is 1. The van der Waals surface area contributed by atoms with Gasteiger partial charge in [0.15, 0.2) is 0 Å². The van der Waals surface area contributed by atoms with Gasteiger partial charge in [-0.2, -0.15) is 0 Å². The minimum atomic E-state index is 0.627. The Hall–Kier alpha value is -1.35. The standard InChI is InChI=1S/C13H18N2O/c16-10-15-9-11-2-1-3-13(8-11)12-4-6-14-7-5-12/h1-3,8,10,12,14H,4-7,9H2,(H,15,16). The van der Waals surface area contributed by atoms with Crippen molar-refractivity contribution in [3.05, 3.63) is 35.4 Å². The van der Waals surface area contributed by atoms with Crippen LogP contribution in [0.1, 0.15) is 29.9 Å². The number of nitrogens with one attached hydrogen (secondary N) is 2. The normalized spacial score (nSPS) is 17.0. The molecular weight excluding hydrogens is 200 g/mol. The molecule has 0 spiro atoms. The molecule has 2 N–H and O–H groups in total. The van der Waals surface area contributed by atoms with Crippen molar-refractivity contribution in [1.29, 1.82) is 0 Å². The highest BCUT2D eigenvalue weighted by atomic mass is 16.1. The summed E-state index contributed by atoms with van der Waals surface area (Å²) in [5.41, 5.74) is 2.59. The summed E-state index contributed by atoms with van der Waals surface area (Å²) in [6, 6.07) is 8.55. The van der Waals surface area contributed by atoms with Gasteiger partial charge >= 0.3 is 0 Å². The summed E-state index contributed by atoms with van der Waals surface area (Å²) in [4.78, 5) is 10.2. The topological polar surface area (TPSA) is 41.1 Å². The van der Waals surface area contributed by atoms with Gasteiger partial charge in [0, 0.05) is 6.54 Å². The molecule has 1 aliphatic heterocycles. The van der Waals surface area contributed by atoms with Crippen LogP contribution < -0.4 is 10.6 Å². The summed E-state index contributed by atoms with van der Waals surface area (Å²) in [5, 5.41) is 6.08. The lowest BCUT2D eigenvalue weighted by Crippen LogP contribution is -2.26. The van der Waals surface area contributed by atoms with E-state index in [9.17, 15) is 4.79 Å². The van der Waals surface area contributed by atoms with E-state index in [1.807, 2.05) is 0 Å². The molecule has 3 heteroatoms. The van der Waals surface area contributed by atoms with Crippen LogP contribution in [0, 0.1) is 0 Å². The third-order valence-electron chi connectivity index (χ3n) is 3.15. The van der Waals surface area contributed by atoms with Gasteiger partial charge in [0.1, 0.15) is 0 Å². The van der Waals surface area contributed by atoms with Crippen molar-refractivity contribution in [2.75, 3.05) is 13.1 Å². The van der Waals surface area contributed by atoms with Gasteiger partial charge in [-0.1, -0.05) is 24.3 Å². The molecule has 0 saturated carbocycles. The Morgan fingerprint density at radius 2 is 2.19 bits per heavy atom. The number of hydrogen-bond acceptors (Lipinski definition) is 2. The average Bonchev–Trinajstić information content (AvgIpc) is 2.38. The summed E-state index contributed by atoms with van der Waals surface area (Å²) >= 11 is 0. The maximum atomic E-state index is 10.2. The van der Waals surface area contributed by atoms with Crippen LogP contribution in [0.5, 0.6) is 0 Å². The Morgan fingerprint density at radius 1 is 1.38 bits per heavy atom. The van der Waals surface area contributed by atoms with Crippen molar-refractivity contribution >= 4 is 6.41 Å². The molecule has 0 atom stereocenters. The molecule has 1 fully saturated rings. The lowest BCUT2D eigenvalue weighted by Gasteiger charge is -2.23. The smallest absolute Gasteiger partial charge is 0.207 e. The van der Waals surface area contributed by atoms with Crippen LogP contribution in [0.3, 0.4) is 0 Å². The Bertz CT molecular complexity index is 346. The molecular formula is C13H18N2O. The Kier molecular flexibility index (Phi) is 3.94. The zero-order valence-electron chi connectivity index (χ0n) is 9.41. The molecule has 3 nitrogen and oxygen atoms in total. The van der Waals surface area contributed by atoms with Crippen molar-refractivity contribution in [2.24, 2.45) is 0 Å². The van der Waals surface area contributed by atoms with Crippen LogP contribution in [0.4, 0.5) is 0 Å². The second-order valence-corrected chi connectivity index (χ2v) is 4.27. The SMILES string of the molecule is O=CNCc1cccc(C2CCNCC2)c1. The molecule has 2 rings (SSSR count). The lowest BCUT2D eigenvalue weighted by molar-refractivity contribution is -0.109. The molecule has 1 aromatic rings. The highest BCUT2D eigenvalue weighted by molar-refractivity contribution is 5.46. The summed E-state index contributed by atoms with van der Waals surface area (Å²) in [5.74, 6) is 0.678. The first-order valence-corrected chi connectivity index (χ1v) is 5.87. The van der Waals surface area contributed by atoms with E-state index in [4.69, 9.17) is 0 Å². The Balaban J connectivity index is 2.05. The van der Waals surface area contributed by atoms with Crippen LogP contribution in [-0.2, 0) is 11.3 Å². The van der Waals surface area contributed by atoms with E-state index < -0.39 is 0 Å². The molecule has 0 unspecified atom stereocenters. The summed E-state index contributed by atoms with van der Waals surface area (Å²) in [7, 11) is 0. The van der Waals surface area contributed by atoms with Crippen molar-refractivity contribution in [3.8, 4) is 0 Å². The van der Waals surface area contributed by atoms with E-state index in [0.717, 1.165) is 19.5 Å². The zero-order valence-corrected chi connectivity index (χ0v) is 9.41. The summed E-state index contributed by atoms with van der Waals surface area (Å²) in [6.07, 6.45) is 3.17. The van der Waals surface area contributed by atoms with E-state index >= 15 is 0 Å². The predicted molar refractivity (Wildman–Crippen MR) is 64.2 cm³/mol. The molecule has 0 aromatic heterocycles. The Morgan fingerprint density at radius 3 is 2.94 bits per heavy atom. The molecule has 1 saturated heterocycles. The van der Waals surface area contributed by atoms with Crippen molar-refractivity contribution in [2.45, 2.75) is 25.3 Å². The number of rotatable bonds is 4. The number of piperidine rings is 1. The third-order valence-corrected chi connectivity index (χ3v) is 3.15. The molecule has 1 heterocycles. The van der Waals surface area contributed by atoms with Gasteiger partial charge in [-0.05, 0) is 43.0 Å². The van der Waals surface area contributed by atoms with Crippen LogP contribution >= 0.6 is 0 Å². The molecule has 86 valence electrons. The third kappa shape index (κ3) is 2.83. The minimum absolute atomic E-state index is 0.627. The highest BCUT2D eigenvalue weighted by Crippen LogP contribution is 2.25. The first-order valence-electron chi connectivity index (χ1n) is 5.87. The van der Waals surface area contributed by atoms with Crippen LogP contribution in [0.2, 0.25) is 0 Å². The Labute approximate surface area is 96.2 Å². The molecule has 0 bridgehead atoms. The van der Waals surface area contributed by atoms with Crippen LogP contribution in [0.25, 0.3) is 0 Å². The molecule has 0 aliphatic carbocycles. The number of carbonyl (C=O) groups is 1. The van der Waals surface area contributed by atoms with Crippen molar-refractivity contribution in [1.82, 2.24) is 10.6 Å². The molecule has 16 heavy (non-hydrogen) atoms. The maximum absolute atomic E-state index is 10.2. The molecule has 1 aromatic carbocycles. The van der Waals surface area contributed by atoms with Crippen molar-refractivity contribution < 1.29 is 4.79 Å². The first-order chi connectivity index (χ1) is 7.90. The van der Waals surface area contributed by atoms with Gasteiger partial charge in [0.25, 0.3) is 0 Å². The van der Waals surface area contributed by atoms with Gasteiger partial charge in [-0.25, -0.2) is 0 Å². The fourth-order valence-corrected chi connectivity index (χ4v) is 2.27. The molecule has 0 radical (unpaired) electrons. The van der Waals surface area contributed by atoms with E-state index in [2.05, 4.69) is 34.9 Å². The second-order valence-electron chi connectivity index (χ2n) is 4.27. The quantitative estimate of drug-likeness (QED) is 0.750. The van der Waals surface area contributed by atoms with Gasteiger partial charge < -0.3 is 10.6 Å². The predicted octanol–water partition coefficient (Wildman–Crippen LogP) is 1.40. The zero-order chi connectivity index (χ0) is 11.2. The largest absolute Gasteiger partial charge is 0.355 e. The van der Waals surface area contributed by atoms with Crippen LogP contribution in [-0.4, -0.2) is 19.5 Å². The summed E-state index contributed by atoms with van der Waals surface area (Å²) < 4.78 is 0. The number of carbonyl (C=O) groups excluding carboxylic acids is 1. The minimum Gasteiger partial charge on any atom is -0.355 e. The van der Waals surface area contributed by atoms with Crippen molar-refractivity contribution in [3.63, 3.8) is 0 Å². The fraction of sp³-hybridized carbons (Fsp3) is 0.462. The van der Waals surface area contributed by atoms with Crippen LogP contribution in [0.15, 0.2) is 24.3 Å². The fourth-order valence-electron chi connectivity index (χ4n) is 2.27. The van der Waals surface area contributed by atoms with Gasteiger partial charge in [-0.15, -0.1) is 0 Å². The molecule has 1 aliphatic rings. The first kappa shape index (κ1) is 11.1.